The quantitative estimate of drug-likeness (QED) is 0.0704. The number of para-hydroxylation sites is 2. The van der Waals surface area contributed by atoms with Gasteiger partial charge in [-0.25, -0.2) is 9.97 Å². The van der Waals surface area contributed by atoms with E-state index in [4.69, 9.17) is 29.2 Å². The molecule has 0 aliphatic heterocycles. The van der Waals surface area contributed by atoms with Gasteiger partial charge in [-0.05, 0) is 162 Å². The van der Waals surface area contributed by atoms with Crippen LogP contribution in [-0.2, 0) is 14.4 Å². The van der Waals surface area contributed by atoms with Crippen LogP contribution in [0.3, 0.4) is 0 Å². The number of hydrogen-bond acceptors (Lipinski definition) is 9. The van der Waals surface area contributed by atoms with Gasteiger partial charge in [0.05, 0.1) is 44.1 Å². The number of fused-ring (bicyclic) bond motifs is 12. The van der Waals surface area contributed by atoms with E-state index in [0.29, 0.717) is 34.9 Å². The number of ether oxygens (including phenoxy) is 3. The summed E-state index contributed by atoms with van der Waals surface area (Å²) in [5.41, 5.74) is 19.5. The number of rotatable bonds is 11. The van der Waals surface area contributed by atoms with Gasteiger partial charge in [0.1, 0.15) is 23.0 Å². The third-order valence-electron chi connectivity index (χ3n) is 18.5. The van der Waals surface area contributed by atoms with Crippen LogP contribution in [0.5, 0.6) is 17.2 Å². The lowest BCUT2D eigenvalue weighted by atomic mass is 9.37. The van der Waals surface area contributed by atoms with Gasteiger partial charge in [-0.3, -0.25) is 23.5 Å². The summed E-state index contributed by atoms with van der Waals surface area (Å²) in [5.74, 6) is 0.819. The number of nitrogens with zero attached hydrogens (tertiary/aromatic N) is 7. The number of esters is 3. The number of allylic oxidation sites excluding steroid dienone is 4. The topological polar surface area (TPSA) is 137 Å². The monoisotopic (exact) mass is 1230 g/mol. The van der Waals surface area contributed by atoms with E-state index in [1.807, 2.05) is 91.0 Å². The second-order valence-electron chi connectivity index (χ2n) is 25.0. The summed E-state index contributed by atoms with van der Waals surface area (Å²) in [6, 6.07) is 62.5. The molecule has 14 heteroatoms. The molecule has 15 aromatic rings. The summed E-state index contributed by atoms with van der Waals surface area (Å²) in [7, 11) is 0. The molecule has 10 aromatic carbocycles. The van der Waals surface area contributed by atoms with Gasteiger partial charge in [0.25, 0.3) is 6.71 Å². The number of benzene rings is 10. The van der Waals surface area contributed by atoms with Crippen molar-refractivity contribution in [3.05, 3.63) is 245 Å². The molecule has 0 spiro atoms. The van der Waals surface area contributed by atoms with Crippen molar-refractivity contribution >= 4 is 128 Å². The molecule has 0 fully saturated rings. The second kappa shape index (κ2) is 22.1. The fourth-order valence-corrected chi connectivity index (χ4v) is 15.1. The van der Waals surface area contributed by atoms with E-state index in [9.17, 15) is 14.4 Å². The molecule has 0 saturated heterocycles. The lowest BCUT2D eigenvalue weighted by Gasteiger charge is -2.24. The van der Waals surface area contributed by atoms with Gasteiger partial charge in [0.2, 0.25) is 11.9 Å². The molecule has 16 rings (SSSR count). The zero-order valence-corrected chi connectivity index (χ0v) is 53.4. The van der Waals surface area contributed by atoms with Gasteiger partial charge in [0, 0.05) is 81.2 Å². The van der Waals surface area contributed by atoms with E-state index in [0.717, 1.165) is 148 Å². The Hall–Kier alpha value is -11.6. The molecule has 5 aromatic heterocycles. The fraction of sp³-hybridized carbons (Fsp3) is 0.125. The Bertz CT molecular complexity index is 5740. The third kappa shape index (κ3) is 9.46. The Morgan fingerprint density at radius 1 is 0.362 bits per heavy atom. The van der Waals surface area contributed by atoms with Crippen LogP contribution in [-0.4, -0.2) is 57.8 Å². The van der Waals surface area contributed by atoms with E-state index in [-0.39, 0.29) is 5.92 Å². The highest BCUT2D eigenvalue weighted by molar-refractivity contribution is 6.95. The number of aryl methyl sites for hydroxylation is 6. The molecule has 0 unspecified atom stereocenters. The van der Waals surface area contributed by atoms with Crippen molar-refractivity contribution < 1.29 is 28.6 Å². The maximum absolute atomic E-state index is 12.8. The van der Waals surface area contributed by atoms with Crippen LogP contribution >= 0.6 is 0 Å². The maximum Gasteiger partial charge on any atom is 0.308 e. The maximum atomic E-state index is 12.8. The molecule has 0 amide bonds. The van der Waals surface area contributed by atoms with E-state index in [1.165, 1.54) is 20.8 Å². The zero-order chi connectivity index (χ0) is 64.5. The predicted octanol–water partition coefficient (Wildman–Crippen LogP) is 15.6. The molecule has 0 saturated carbocycles. The average molecular weight is 1230 g/mol. The second-order valence-corrected chi connectivity index (χ2v) is 25.0. The number of aromatic nitrogens is 7. The SMILES string of the molecule is CC(=O)Oc1ccc2c(c1)c1cc3c4cc(OC(C)=O)ccc4n(-c4nc(B(c5c(C)cc(C)cc5C)c5c(C)cc(C)cc5C)nc(-n5c6ccc(C7C=CC=C7)cc6c6cc7c8cc(OC(C)=O)ccc8n(-c8ccccc8)c7cc65)n4)c3cc1n2-c1ccccc1. The van der Waals surface area contributed by atoms with Gasteiger partial charge in [-0.1, -0.05) is 135 Å². The minimum Gasteiger partial charge on any atom is -0.427 e. The minimum atomic E-state index is -0.497. The molecule has 1 aliphatic rings. The summed E-state index contributed by atoms with van der Waals surface area (Å²) in [5, 5.41) is 7.26. The molecule has 0 N–H and O–H groups in total. The van der Waals surface area contributed by atoms with Gasteiger partial charge >= 0.3 is 17.9 Å². The molecule has 0 bridgehead atoms. The first-order valence-corrected chi connectivity index (χ1v) is 31.6. The number of hydrogen-bond donors (Lipinski definition) is 0. The Morgan fingerprint density at radius 2 is 0.702 bits per heavy atom. The van der Waals surface area contributed by atoms with Gasteiger partial charge in [-0.2, -0.15) is 4.98 Å². The van der Waals surface area contributed by atoms with Crippen LogP contribution in [0.25, 0.3) is 110 Å². The lowest BCUT2D eigenvalue weighted by molar-refractivity contribution is -0.132. The normalized spacial score (nSPS) is 12.5. The van der Waals surface area contributed by atoms with E-state index in [1.54, 1.807) is 0 Å². The predicted molar refractivity (Wildman–Crippen MR) is 378 cm³/mol. The Morgan fingerprint density at radius 3 is 1.09 bits per heavy atom. The van der Waals surface area contributed by atoms with Crippen molar-refractivity contribution in [1.29, 1.82) is 0 Å². The summed E-state index contributed by atoms with van der Waals surface area (Å²) in [4.78, 5) is 55.5. The van der Waals surface area contributed by atoms with Gasteiger partial charge in [0.15, 0.2) is 0 Å². The fourth-order valence-electron chi connectivity index (χ4n) is 15.1. The lowest BCUT2D eigenvalue weighted by Crippen LogP contribution is -2.58. The minimum absolute atomic E-state index is 0.0653. The van der Waals surface area contributed by atoms with Gasteiger partial charge < -0.3 is 23.3 Å². The zero-order valence-electron chi connectivity index (χ0n) is 53.4. The van der Waals surface area contributed by atoms with E-state index >= 15 is 0 Å². The highest BCUT2D eigenvalue weighted by Crippen LogP contribution is 2.44. The highest BCUT2D eigenvalue weighted by atomic mass is 16.5. The van der Waals surface area contributed by atoms with Crippen LogP contribution in [0, 0.1) is 41.5 Å². The standard InChI is InChI=1S/C80H62BN7O6/c1-44-32-46(3)76(47(4)33-44)81(77-48(5)34-45(2)35-49(77)6)78-82-79(87-70-28-24-54(53-18-16-17-19-53)36-60(70)64-40-65-61-37-57(92-50(7)89)25-29-68(61)85(72(65)42-74(64)87)55-20-12-10-13-21-55)84-80(83-78)88-71-31-27-59(94-52(9)91)39-63(71)67-41-66-62-38-58(93-51(8)90)26-30-69(62)86(73(66)43-75(67)88)56-22-14-11-15-23-56/h10-43,53H,1-9H3. The third-order valence-corrected chi connectivity index (χ3v) is 18.5. The Balaban J connectivity index is 1.08. The average Bonchev–Trinajstić information content (AvgIpc) is 1.55. The van der Waals surface area contributed by atoms with Gasteiger partial charge in [-0.15, -0.1) is 0 Å². The van der Waals surface area contributed by atoms with Crippen molar-refractivity contribution in [3.63, 3.8) is 0 Å². The number of carbonyl (C=O) groups excluding carboxylic acids is 3. The van der Waals surface area contributed by atoms with Crippen LogP contribution in [0.15, 0.2) is 206 Å². The van der Waals surface area contributed by atoms with Crippen LogP contribution in [0.4, 0.5) is 0 Å². The molecule has 94 heavy (non-hydrogen) atoms. The number of carbonyl (C=O) groups is 3. The summed E-state index contributed by atoms with van der Waals surface area (Å²) in [6.07, 6.45) is 8.62. The van der Waals surface area contributed by atoms with Crippen LogP contribution < -0.4 is 30.9 Å². The first-order chi connectivity index (χ1) is 45.5. The summed E-state index contributed by atoms with van der Waals surface area (Å²) >= 11 is 0. The molecule has 5 heterocycles. The summed E-state index contributed by atoms with van der Waals surface area (Å²) < 4.78 is 26.3. The smallest absolute Gasteiger partial charge is 0.308 e. The van der Waals surface area contributed by atoms with Crippen LogP contribution in [0.2, 0.25) is 0 Å². The molecule has 1 aliphatic carbocycles. The molecule has 456 valence electrons. The molecule has 0 atom stereocenters. The van der Waals surface area contributed by atoms with Crippen molar-refractivity contribution in [2.45, 2.75) is 68.2 Å². The Labute approximate surface area is 541 Å². The summed E-state index contributed by atoms with van der Waals surface area (Å²) in [6.45, 7) is 16.8. The largest absolute Gasteiger partial charge is 0.427 e. The van der Waals surface area contributed by atoms with Crippen molar-refractivity contribution in [2.75, 3.05) is 0 Å². The van der Waals surface area contributed by atoms with E-state index < -0.39 is 24.6 Å². The van der Waals surface area contributed by atoms with Crippen molar-refractivity contribution in [1.82, 2.24) is 33.2 Å². The Kier molecular flexibility index (Phi) is 13.5. The first-order valence-electron chi connectivity index (χ1n) is 31.6. The van der Waals surface area contributed by atoms with E-state index in [2.05, 4.69) is 175 Å². The van der Waals surface area contributed by atoms with Crippen LogP contribution in [0.1, 0.15) is 65.6 Å². The molecule has 0 radical (unpaired) electrons. The van der Waals surface area contributed by atoms with Crippen molar-refractivity contribution in [2.24, 2.45) is 0 Å². The first kappa shape index (κ1) is 57.5. The molecular formula is C80H62BN7O6. The van der Waals surface area contributed by atoms with Crippen molar-refractivity contribution in [3.8, 4) is 40.5 Å². The highest BCUT2D eigenvalue weighted by Gasteiger charge is 2.34. The molecule has 13 nitrogen and oxygen atoms in total. The molecular weight excluding hydrogens is 1170 g/mol.